The molecule has 28 heavy (non-hydrogen) atoms. The Bertz CT molecular complexity index is 688. The molecular formula is C24H31ClO2Ti. The molecule has 0 aliphatic heterocycles. The van der Waals surface area contributed by atoms with Gasteiger partial charge in [-0.3, -0.25) is 0 Å². The minimum absolute atomic E-state index is 0.368. The van der Waals surface area contributed by atoms with Crippen LogP contribution in [0.25, 0.3) is 0 Å². The van der Waals surface area contributed by atoms with Crippen molar-refractivity contribution in [3.8, 4) is 11.5 Å². The van der Waals surface area contributed by atoms with Crippen molar-refractivity contribution in [2.45, 2.75) is 48.5 Å². The quantitative estimate of drug-likeness (QED) is 0.294. The van der Waals surface area contributed by atoms with Crippen LogP contribution in [0.3, 0.4) is 0 Å². The molecule has 0 saturated heterocycles. The van der Waals surface area contributed by atoms with Gasteiger partial charge in [-0.15, -0.1) is 0 Å². The summed E-state index contributed by atoms with van der Waals surface area (Å²) in [6.07, 6.45) is 0. The fraction of sp³-hybridized carbons (Fsp3) is 0.292. The molecule has 2 N–H and O–H groups in total. The summed E-state index contributed by atoms with van der Waals surface area (Å²) in [6, 6.07) is 14.5. The first-order chi connectivity index (χ1) is 13.2. The second-order valence-electron chi connectivity index (χ2n) is 6.70. The Labute approximate surface area is 185 Å². The van der Waals surface area contributed by atoms with Crippen molar-refractivity contribution < 1.29 is 29.6 Å². The Hall–Kier alpha value is -1.61. The summed E-state index contributed by atoms with van der Waals surface area (Å²) in [7, 11) is 4.64. The Morgan fingerprint density at radius 1 is 0.643 bits per heavy atom. The van der Waals surface area contributed by atoms with E-state index in [0.717, 1.165) is 11.1 Å². The van der Waals surface area contributed by atoms with Gasteiger partial charge < -0.3 is 10.2 Å². The first kappa shape index (κ1) is 26.4. The van der Waals surface area contributed by atoms with Crippen LogP contribution in [-0.4, -0.2) is 10.2 Å². The summed E-state index contributed by atoms with van der Waals surface area (Å²) >= 11 is 1.47. The fourth-order valence-corrected chi connectivity index (χ4v) is 2.53. The standard InChI is InChI=1S/C10H15.2C7H8O.ClH.Ti/c1-6-7(2)9(4)10(5)8(6)3;2*1-6-4-2-3-5-7(6)8;;/h1-5H3;2*2-5,8H,1H3;1H;/q-1;;;;+2/p-1. The zero-order valence-corrected chi connectivity index (χ0v) is 20.2. The van der Waals surface area contributed by atoms with E-state index in [9.17, 15) is 0 Å². The van der Waals surface area contributed by atoms with Gasteiger partial charge >= 0.3 is 28.7 Å². The molecule has 3 aromatic carbocycles. The third-order valence-electron chi connectivity index (χ3n) is 5.04. The van der Waals surface area contributed by atoms with E-state index < -0.39 is 0 Å². The predicted molar refractivity (Wildman–Crippen MR) is 117 cm³/mol. The van der Waals surface area contributed by atoms with E-state index in [2.05, 4.69) is 43.9 Å². The van der Waals surface area contributed by atoms with Crippen LogP contribution >= 0.6 is 9.30 Å². The number of phenolic OH excluding ortho intramolecular Hbond substituents is 2. The number of aryl methyl sites for hydroxylation is 2. The molecule has 0 fully saturated rings. The molecule has 0 spiro atoms. The van der Waals surface area contributed by atoms with Crippen LogP contribution < -0.4 is 0 Å². The SMILES string of the molecule is Cc1c(C)c(C)[c-](C)c1C.Cc1ccccc1O.Cc1ccccc1O.[Cl][Ti+]. The Kier molecular flexibility index (Phi) is 12.8. The maximum atomic E-state index is 8.92. The monoisotopic (exact) mass is 434 g/mol. The van der Waals surface area contributed by atoms with Crippen LogP contribution in [0, 0.1) is 48.5 Å². The number of rotatable bonds is 0. The van der Waals surface area contributed by atoms with Crippen LogP contribution in [0.1, 0.15) is 38.9 Å². The van der Waals surface area contributed by atoms with Gasteiger partial charge in [-0.1, -0.05) is 71.0 Å². The van der Waals surface area contributed by atoms with E-state index in [1.165, 1.54) is 47.2 Å². The number of hydrogen-bond acceptors (Lipinski definition) is 2. The molecule has 0 atom stereocenters. The molecule has 0 bridgehead atoms. The molecule has 0 unspecified atom stereocenters. The van der Waals surface area contributed by atoms with Gasteiger partial charge in [0, 0.05) is 0 Å². The van der Waals surface area contributed by atoms with Crippen molar-refractivity contribution in [1.82, 2.24) is 0 Å². The molecule has 2 nitrogen and oxygen atoms in total. The van der Waals surface area contributed by atoms with Crippen LogP contribution in [-0.2, 0) is 19.4 Å². The fourth-order valence-electron chi connectivity index (χ4n) is 2.53. The first-order valence-corrected chi connectivity index (χ1v) is 11.2. The van der Waals surface area contributed by atoms with Gasteiger partial charge in [0.05, 0.1) is 0 Å². The minimum atomic E-state index is 0.368. The average Bonchev–Trinajstić information content (AvgIpc) is 2.87. The zero-order valence-electron chi connectivity index (χ0n) is 17.9. The van der Waals surface area contributed by atoms with Crippen molar-refractivity contribution >= 4 is 9.30 Å². The molecule has 0 saturated carbocycles. The predicted octanol–water partition coefficient (Wildman–Crippen LogP) is 7.04. The molecule has 0 radical (unpaired) electrons. The number of para-hydroxylation sites is 2. The summed E-state index contributed by atoms with van der Waals surface area (Å²) < 4.78 is 0. The van der Waals surface area contributed by atoms with E-state index in [0.29, 0.717) is 11.5 Å². The summed E-state index contributed by atoms with van der Waals surface area (Å²) in [6.45, 7) is 14.7. The maximum absolute atomic E-state index is 8.92. The van der Waals surface area contributed by atoms with Crippen molar-refractivity contribution in [1.29, 1.82) is 0 Å². The summed E-state index contributed by atoms with van der Waals surface area (Å²) in [5, 5.41) is 17.8. The van der Waals surface area contributed by atoms with Crippen molar-refractivity contribution in [3.05, 3.63) is 87.5 Å². The molecule has 0 aliphatic carbocycles. The Morgan fingerprint density at radius 2 is 0.929 bits per heavy atom. The van der Waals surface area contributed by atoms with Crippen LogP contribution in [0.5, 0.6) is 11.5 Å². The molecule has 0 aliphatic rings. The molecule has 0 amide bonds. The van der Waals surface area contributed by atoms with Crippen LogP contribution in [0.15, 0.2) is 48.5 Å². The van der Waals surface area contributed by atoms with E-state index in [-0.39, 0.29) is 0 Å². The molecule has 0 aromatic heterocycles. The average molecular weight is 435 g/mol. The van der Waals surface area contributed by atoms with Gasteiger partial charge in [-0.25, -0.2) is 0 Å². The number of benzene rings is 2. The van der Waals surface area contributed by atoms with Gasteiger partial charge in [0.15, 0.2) is 0 Å². The third-order valence-corrected chi connectivity index (χ3v) is 5.04. The van der Waals surface area contributed by atoms with Crippen LogP contribution in [0.2, 0.25) is 0 Å². The van der Waals surface area contributed by atoms with Gasteiger partial charge in [-0.2, -0.15) is 27.8 Å². The molecule has 150 valence electrons. The van der Waals surface area contributed by atoms with E-state index >= 15 is 0 Å². The van der Waals surface area contributed by atoms with Gasteiger partial charge in [0.2, 0.25) is 0 Å². The Morgan fingerprint density at radius 3 is 1.07 bits per heavy atom. The second-order valence-corrected chi connectivity index (χ2v) is 6.70. The number of halogens is 1. The van der Waals surface area contributed by atoms with Gasteiger partial charge in [0.1, 0.15) is 11.5 Å². The molecule has 3 rings (SSSR count). The second kappa shape index (κ2) is 13.6. The van der Waals surface area contributed by atoms with Crippen LogP contribution in [0.4, 0.5) is 0 Å². The number of phenols is 2. The molecule has 4 heteroatoms. The summed E-state index contributed by atoms with van der Waals surface area (Å²) in [5.41, 5.74) is 9.19. The van der Waals surface area contributed by atoms with E-state index in [4.69, 9.17) is 10.2 Å². The van der Waals surface area contributed by atoms with E-state index in [1.807, 2.05) is 50.2 Å². The third kappa shape index (κ3) is 8.18. The van der Waals surface area contributed by atoms with E-state index in [1.54, 1.807) is 12.1 Å². The zero-order chi connectivity index (χ0) is 21.9. The van der Waals surface area contributed by atoms with Crippen molar-refractivity contribution in [2.75, 3.05) is 0 Å². The Balaban J connectivity index is 0.000000376. The number of aromatic hydroxyl groups is 2. The van der Waals surface area contributed by atoms with Crippen molar-refractivity contribution in [2.24, 2.45) is 0 Å². The summed E-state index contributed by atoms with van der Waals surface area (Å²) in [5.74, 6) is 0.736. The number of hydrogen-bond donors (Lipinski definition) is 2. The summed E-state index contributed by atoms with van der Waals surface area (Å²) in [4.78, 5) is 0. The van der Waals surface area contributed by atoms with Gasteiger partial charge in [-0.05, 0) is 37.1 Å². The van der Waals surface area contributed by atoms with Gasteiger partial charge in [0.25, 0.3) is 0 Å². The molecule has 0 heterocycles. The van der Waals surface area contributed by atoms with Crippen molar-refractivity contribution in [3.63, 3.8) is 0 Å². The normalized spacial score (nSPS) is 9.11. The molecular weight excluding hydrogens is 404 g/mol. The first-order valence-electron chi connectivity index (χ1n) is 9.04. The topological polar surface area (TPSA) is 40.5 Å². The molecule has 3 aromatic rings.